The smallest absolute Gasteiger partial charge is 0.491 e. The number of hydrogen-bond acceptors (Lipinski definition) is 2. The van der Waals surface area contributed by atoms with E-state index in [1.54, 1.807) is 0 Å². The SMILES string of the molecule is CCCCOCCOc1ccc([B-](F)(F)F)cc1. The fourth-order valence-electron chi connectivity index (χ4n) is 1.35. The van der Waals surface area contributed by atoms with Gasteiger partial charge in [-0.3, -0.25) is 0 Å². The van der Waals surface area contributed by atoms with Crippen LogP contribution in [0.1, 0.15) is 19.8 Å². The van der Waals surface area contributed by atoms with Gasteiger partial charge in [-0.25, -0.2) is 0 Å². The average Bonchev–Trinajstić information content (AvgIpc) is 2.33. The van der Waals surface area contributed by atoms with Gasteiger partial charge in [-0.05, 0) is 18.6 Å². The van der Waals surface area contributed by atoms with Crippen LogP contribution in [0.2, 0.25) is 0 Å². The lowest BCUT2D eigenvalue weighted by Crippen LogP contribution is -2.33. The fourth-order valence-corrected chi connectivity index (χ4v) is 1.35. The van der Waals surface area contributed by atoms with E-state index in [0.717, 1.165) is 25.0 Å². The van der Waals surface area contributed by atoms with Crippen molar-refractivity contribution in [1.29, 1.82) is 0 Å². The van der Waals surface area contributed by atoms with Gasteiger partial charge in [0, 0.05) is 6.61 Å². The van der Waals surface area contributed by atoms with Crippen molar-refractivity contribution in [2.45, 2.75) is 19.8 Å². The van der Waals surface area contributed by atoms with Gasteiger partial charge in [0.25, 0.3) is 0 Å². The number of unbranched alkanes of at least 4 members (excludes halogenated alkanes) is 1. The van der Waals surface area contributed by atoms with Crippen LogP contribution in [0.15, 0.2) is 24.3 Å². The molecule has 0 radical (unpaired) electrons. The summed E-state index contributed by atoms with van der Waals surface area (Å²) in [4.78, 5) is 0. The average molecular weight is 261 g/mol. The molecule has 0 aliphatic carbocycles. The summed E-state index contributed by atoms with van der Waals surface area (Å²) in [6.45, 7) is -1.37. The lowest BCUT2D eigenvalue weighted by molar-refractivity contribution is 0.0981. The van der Waals surface area contributed by atoms with Crippen LogP contribution in [0.4, 0.5) is 12.9 Å². The maximum atomic E-state index is 12.3. The molecule has 0 amide bonds. The van der Waals surface area contributed by atoms with E-state index in [2.05, 4.69) is 6.92 Å². The maximum Gasteiger partial charge on any atom is 0.509 e. The normalized spacial score (nSPS) is 11.6. The summed E-state index contributed by atoms with van der Waals surface area (Å²) in [6, 6.07) is 4.73. The second kappa shape index (κ2) is 7.31. The summed E-state index contributed by atoms with van der Waals surface area (Å²) >= 11 is 0. The second-order valence-electron chi connectivity index (χ2n) is 3.96. The van der Waals surface area contributed by atoms with Crippen LogP contribution >= 0.6 is 0 Å². The fraction of sp³-hybridized carbons (Fsp3) is 0.500. The van der Waals surface area contributed by atoms with Crippen molar-refractivity contribution >= 4 is 12.4 Å². The lowest BCUT2D eigenvalue weighted by Gasteiger charge is -2.15. The van der Waals surface area contributed by atoms with Crippen LogP contribution in [-0.2, 0) is 4.74 Å². The molecule has 1 rings (SSSR count). The van der Waals surface area contributed by atoms with Crippen molar-refractivity contribution in [2.75, 3.05) is 19.8 Å². The van der Waals surface area contributed by atoms with E-state index in [1.807, 2.05) is 0 Å². The maximum absolute atomic E-state index is 12.3. The molecule has 1 aromatic carbocycles. The van der Waals surface area contributed by atoms with Gasteiger partial charge in [0.05, 0.1) is 6.61 Å². The van der Waals surface area contributed by atoms with Gasteiger partial charge < -0.3 is 22.4 Å². The predicted octanol–water partition coefficient (Wildman–Crippen LogP) is 2.94. The zero-order valence-electron chi connectivity index (χ0n) is 10.4. The highest BCUT2D eigenvalue weighted by Gasteiger charge is 2.24. The molecule has 2 nitrogen and oxygen atoms in total. The van der Waals surface area contributed by atoms with Crippen LogP contribution in [0.25, 0.3) is 0 Å². The molecule has 0 saturated carbocycles. The molecule has 0 aromatic heterocycles. The van der Waals surface area contributed by atoms with E-state index in [1.165, 1.54) is 12.1 Å². The van der Waals surface area contributed by atoms with E-state index in [4.69, 9.17) is 9.47 Å². The minimum atomic E-state index is -4.93. The minimum Gasteiger partial charge on any atom is -0.491 e. The van der Waals surface area contributed by atoms with Crippen LogP contribution in [0, 0.1) is 0 Å². The van der Waals surface area contributed by atoms with Gasteiger partial charge in [0.1, 0.15) is 12.4 Å². The molecule has 0 aliphatic rings. The molecule has 0 atom stereocenters. The summed E-state index contributed by atoms with van der Waals surface area (Å²) in [5.74, 6) is 0.429. The Kier molecular flexibility index (Phi) is 6.05. The molecule has 0 heterocycles. The van der Waals surface area contributed by atoms with Gasteiger partial charge in [-0.1, -0.05) is 25.5 Å². The highest BCUT2D eigenvalue weighted by atomic mass is 19.4. The second-order valence-corrected chi connectivity index (χ2v) is 3.96. The third-order valence-electron chi connectivity index (χ3n) is 2.40. The monoisotopic (exact) mass is 261 g/mol. The van der Waals surface area contributed by atoms with Crippen molar-refractivity contribution in [3.63, 3.8) is 0 Å². The van der Waals surface area contributed by atoms with Crippen molar-refractivity contribution in [1.82, 2.24) is 0 Å². The Morgan fingerprint density at radius 3 is 2.22 bits per heavy atom. The Bertz CT molecular complexity index is 338. The predicted molar refractivity (Wildman–Crippen MR) is 66.4 cm³/mol. The summed E-state index contributed by atoms with van der Waals surface area (Å²) < 4.78 is 47.6. The summed E-state index contributed by atoms with van der Waals surface area (Å²) in [5, 5.41) is 0. The van der Waals surface area contributed by atoms with Crippen LogP contribution in [0.5, 0.6) is 5.75 Å². The van der Waals surface area contributed by atoms with Crippen molar-refractivity contribution < 1.29 is 22.4 Å². The molecule has 0 aliphatic heterocycles. The molecule has 0 bridgehead atoms. The van der Waals surface area contributed by atoms with Crippen molar-refractivity contribution in [3.8, 4) is 5.75 Å². The Morgan fingerprint density at radius 1 is 1.00 bits per heavy atom. The Morgan fingerprint density at radius 2 is 1.67 bits per heavy atom. The van der Waals surface area contributed by atoms with Crippen LogP contribution in [-0.4, -0.2) is 26.8 Å². The van der Waals surface area contributed by atoms with Gasteiger partial charge in [-0.15, -0.1) is 5.46 Å². The first-order chi connectivity index (χ1) is 8.54. The van der Waals surface area contributed by atoms with Gasteiger partial charge in [0.2, 0.25) is 0 Å². The summed E-state index contributed by atoms with van der Waals surface area (Å²) in [5.41, 5.74) is -0.610. The van der Waals surface area contributed by atoms with Gasteiger partial charge in [-0.2, -0.15) is 0 Å². The van der Waals surface area contributed by atoms with Crippen molar-refractivity contribution in [2.24, 2.45) is 0 Å². The molecule has 0 spiro atoms. The number of benzene rings is 1. The van der Waals surface area contributed by atoms with Crippen molar-refractivity contribution in [3.05, 3.63) is 24.3 Å². The molecule has 6 heteroatoms. The molecule has 102 valence electrons. The van der Waals surface area contributed by atoms with E-state index < -0.39 is 12.4 Å². The third kappa shape index (κ3) is 5.45. The van der Waals surface area contributed by atoms with E-state index in [-0.39, 0.29) is 0 Å². The third-order valence-corrected chi connectivity index (χ3v) is 2.40. The van der Waals surface area contributed by atoms with E-state index in [0.29, 0.717) is 25.6 Å². The Labute approximate surface area is 105 Å². The van der Waals surface area contributed by atoms with E-state index >= 15 is 0 Å². The molecule has 1 aromatic rings. The molecule has 0 fully saturated rings. The van der Waals surface area contributed by atoms with E-state index in [9.17, 15) is 12.9 Å². The van der Waals surface area contributed by atoms with Gasteiger partial charge >= 0.3 is 6.98 Å². The zero-order chi connectivity index (χ0) is 13.4. The molecule has 0 N–H and O–H groups in total. The molecular formula is C12H17BF3O2-. The number of ether oxygens (including phenoxy) is 2. The number of hydrogen-bond donors (Lipinski definition) is 0. The Hall–Kier alpha value is -1.17. The summed E-state index contributed by atoms with van der Waals surface area (Å²) in [7, 11) is 0. The van der Waals surface area contributed by atoms with Crippen LogP contribution in [0.3, 0.4) is 0 Å². The number of rotatable bonds is 8. The topological polar surface area (TPSA) is 18.5 Å². The summed E-state index contributed by atoms with van der Waals surface area (Å²) in [6.07, 6.45) is 2.07. The molecule has 18 heavy (non-hydrogen) atoms. The largest absolute Gasteiger partial charge is 0.509 e. The van der Waals surface area contributed by atoms with Gasteiger partial charge in [0.15, 0.2) is 0 Å². The first kappa shape index (κ1) is 14.9. The first-order valence-electron chi connectivity index (χ1n) is 6.04. The highest BCUT2D eigenvalue weighted by Crippen LogP contribution is 2.13. The molecular weight excluding hydrogens is 244 g/mol. The molecule has 0 saturated heterocycles. The lowest BCUT2D eigenvalue weighted by atomic mass is 9.80. The quantitative estimate of drug-likeness (QED) is 0.529. The standard InChI is InChI=1S/C12H17BF3O2/c1-2-3-8-17-9-10-18-12-6-4-11(5-7-12)13(14,15)16/h4-7H,2-3,8-10H2,1H3/q-1. The minimum absolute atomic E-state index is 0.347. The zero-order valence-corrected chi connectivity index (χ0v) is 10.4. The highest BCUT2D eigenvalue weighted by molar-refractivity contribution is 6.73. The first-order valence-corrected chi connectivity index (χ1v) is 6.04. The number of halogens is 3. The molecule has 0 unspecified atom stereocenters. The Balaban J connectivity index is 2.27. The van der Waals surface area contributed by atoms with Crippen LogP contribution < -0.4 is 10.2 Å².